The summed E-state index contributed by atoms with van der Waals surface area (Å²) in [5.41, 5.74) is -0.00846. The van der Waals surface area contributed by atoms with Crippen molar-refractivity contribution in [2.45, 2.75) is 26.2 Å². The van der Waals surface area contributed by atoms with Crippen LogP contribution in [0.2, 0.25) is 0 Å². The van der Waals surface area contributed by atoms with Gasteiger partial charge in [-0.05, 0) is 31.5 Å². The molecule has 1 aliphatic heterocycles. The smallest absolute Gasteiger partial charge is 0.308 e. The van der Waals surface area contributed by atoms with Gasteiger partial charge in [0.25, 0.3) is 0 Å². The van der Waals surface area contributed by atoms with Gasteiger partial charge in [-0.3, -0.25) is 9.59 Å². The van der Waals surface area contributed by atoms with E-state index in [1.165, 1.54) is 0 Å². The maximum absolute atomic E-state index is 12.4. The van der Waals surface area contributed by atoms with Gasteiger partial charge in [-0.25, -0.2) is 0 Å². The SMILES string of the molecule is C[C@@H](CNC(=O)C(C)(C)c1ccc2c(c1)OCCO2)C(=O)O. The van der Waals surface area contributed by atoms with Gasteiger partial charge >= 0.3 is 5.97 Å². The van der Waals surface area contributed by atoms with Crippen LogP contribution in [0.25, 0.3) is 0 Å². The molecule has 2 rings (SSSR count). The first-order chi connectivity index (χ1) is 10.3. The molecule has 2 N–H and O–H groups in total. The summed E-state index contributed by atoms with van der Waals surface area (Å²) in [6.07, 6.45) is 0. The summed E-state index contributed by atoms with van der Waals surface area (Å²) in [6.45, 7) is 6.24. The summed E-state index contributed by atoms with van der Waals surface area (Å²) >= 11 is 0. The Hall–Kier alpha value is -2.24. The maximum Gasteiger partial charge on any atom is 0.308 e. The zero-order valence-corrected chi connectivity index (χ0v) is 13.0. The van der Waals surface area contributed by atoms with Crippen LogP contribution in [0.1, 0.15) is 26.3 Å². The van der Waals surface area contributed by atoms with Gasteiger partial charge in [-0.2, -0.15) is 0 Å². The minimum atomic E-state index is -0.933. The van der Waals surface area contributed by atoms with Crippen molar-refractivity contribution < 1.29 is 24.2 Å². The van der Waals surface area contributed by atoms with Crippen molar-refractivity contribution in [2.75, 3.05) is 19.8 Å². The van der Waals surface area contributed by atoms with Gasteiger partial charge in [-0.1, -0.05) is 13.0 Å². The van der Waals surface area contributed by atoms with Crippen LogP contribution in [0.5, 0.6) is 11.5 Å². The number of carboxylic acids is 1. The Kier molecular flexibility index (Phi) is 4.59. The van der Waals surface area contributed by atoms with Gasteiger partial charge in [0.05, 0.1) is 11.3 Å². The topological polar surface area (TPSA) is 84.9 Å². The van der Waals surface area contributed by atoms with Crippen LogP contribution in [0, 0.1) is 5.92 Å². The number of carbonyl (C=O) groups is 2. The van der Waals surface area contributed by atoms with E-state index in [2.05, 4.69) is 5.32 Å². The highest BCUT2D eigenvalue weighted by molar-refractivity contribution is 5.88. The molecule has 1 atom stereocenters. The average Bonchev–Trinajstić information content (AvgIpc) is 2.51. The van der Waals surface area contributed by atoms with Crippen LogP contribution in [0.15, 0.2) is 18.2 Å². The number of fused-ring (bicyclic) bond motifs is 1. The van der Waals surface area contributed by atoms with E-state index in [4.69, 9.17) is 14.6 Å². The predicted molar refractivity (Wildman–Crippen MR) is 80.3 cm³/mol. The summed E-state index contributed by atoms with van der Waals surface area (Å²) in [6, 6.07) is 5.42. The first-order valence-electron chi connectivity index (χ1n) is 7.23. The fourth-order valence-electron chi connectivity index (χ4n) is 2.12. The van der Waals surface area contributed by atoms with E-state index in [0.29, 0.717) is 24.7 Å². The number of ether oxygens (including phenoxy) is 2. The van der Waals surface area contributed by atoms with Crippen molar-refractivity contribution in [3.8, 4) is 11.5 Å². The first kappa shape index (κ1) is 16.1. The molecule has 1 aromatic rings. The molecule has 0 unspecified atom stereocenters. The molecule has 0 aliphatic carbocycles. The van der Waals surface area contributed by atoms with Crippen LogP contribution in [0.3, 0.4) is 0 Å². The molecule has 0 radical (unpaired) electrons. The molecular formula is C16H21NO5. The average molecular weight is 307 g/mol. The second-order valence-electron chi connectivity index (χ2n) is 5.93. The molecule has 0 aromatic heterocycles. The van der Waals surface area contributed by atoms with E-state index in [1.54, 1.807) is 32.9 Å². The third-order valence-corrected chi connectivity index (χ3v) is 3.82. The molecule has 1 aliphatic rings. The zero-order valence-electron chi connectivity index (χ0n) is 13.0. The number of hydrogen-bond donors (Lipinski definition) is 2. The Labute approximate surface area is 129 Å². The molecule has 6 nitrogen and oxygen atoms in total. The summed E-state index contributed by atoms with van der Waals surface area (Å²) in [5, 5.41) is 11.6. The lowest BCUT2D eigenvalue weighted by Gasteiger charge is -2.27. The van der Waals surface area contributed by atoms with E-state index in [1.807, 2.05) is 6.07 Å². The normalized spacial score (nSPS) is 15.0. The number of hydrogen-bond acceptors (Lipinski definition) is 4. The van der Waals surface area contributed by atoms with E-state index in [-0.39, 0.29) is 12.5 Å². The Morgan fingerprint density at radius 1 is 1.27 bits per heavy atom. The fraction of sp³-hybridized carbons (Fsp3) is 0.500. The second-order valence-corrected chi connectivity index (χ2v) is 5.93. The molecular weight excluding hydrogens is 286 g/mol. The number of nitrogens with one attached hydrogen (secondary N) is 1. The molecule has 1 aromatic carbocycles. The number of carboxylic acid groups (broad SMARTS) is 1. The molecule has 0 saturated heterocycles. The van der Waals surface area contributed by atoms with Gasteiger partial charge in [0.15, 0.2) is 11.5 Å². The van der Waals surface area contributed by atoms with Crippen molar-refractivity contribution >= 4 is 11.9 Å². The monoisotopic (exact) mass is 307 g/mol. The maximum atomic E-state index is 12.4. The highest BCUT2D eigenvalue weighted by atomic mass is 16.6. The van der Waals surface area contributed by atoms with Gasteiger partial charge in [-0.15, -0.1) is 0 Å². The minimum absolute atomic E-state index is 0.0994. The van der Waals surface area contributed by atoms with Crippen molar-refractivity contribution in [3.05, 3.63) is 23.8 Å². The lowest BCUT2D eigenvalue weighted by Crippen LogP contribution is -2.42. The number of aliphatic carboxylic acids is 1. The van der Waals surface area contributed by atoms with Crippen LogP contribution >= 0.6 is 0 Å². The summed E-state index contributed by atoms with van der Waals surface area (Å²) in [7, 11) is 0. The first-order valence-corrected chi connectivity index (χ1v) is 7.23. The summed E-state index contributed by atoms with van der Waals surface area (Å²) in [5.74, 6) is -0.482. The number of carbonyl (C=O) groups excluding carboxylic acids is 1. The molecule has 6 heteroatoms. The van der Waals surface area contributed by atoms with Crippen LogP contribution in [-0.4, -0.2) is 36.7 Å². The standard InChI is InChI=1S/C16H21NO5/c1-10(14(18)19)9-17-15(20)16(2,3)11-4-5-12-13(8-11)22-7-6-21-12/h4-5,8,10H,6-7,9H2,1-3H3,(H,17,20)(H,18,19)/t10-/m0/s1. The molecule has 1 heterocycles. The highest BCUT2D eigenvalue weighted by Crippen LogP contribution is 2.35. The molecule has 0 saturated carbocycles. The number of amides is 1. The third-order valence-electron chi connectivity index (χ3n) is 3.82. The van der Waals surface area contributed by atoms with Crippen LogP contribution in [0.4, 0.5) is 0 Å². The number of rotatable bonds is 5. The Morgan fingerprint density at radius 2 is 1.91 bits per heavy atom. The second kappa shape index (κ2) is 6.25. The third kappa shape index (κ3) is 3.32. The van der Waals surface area contributed by atoms with Crippen molar-refractivity contribution in [1.82, 2.24) is 5.32 Å². The van der Waals surface area contributed by atoms with Crippen LogP contribution in [-0.2, 0) is 15.0 Å². The predicted octanol–water partition coefficient (Wildman–Crippen LogP) is 1.57. The van der Waals surface area contributed by atoms with Crippen LogP contribution < -0.4 is 14.8 Å². The van der Waals surface area contributed by atoms with E-state index >= 15 is 0 Å². The Morgan fingerprint density at radius 3 is 2.55 bits per heavy atom. The molecule has 0 spiro atoms. The lowest BCUT2D eigenvalue weighted by molar-refractivity contribution is -0.141. The lowest BCUT2D eigenvalue weighted by atomic mass is 9.83. The Balaban J connectivity index is 2.11. The van der Waals surface area contributed by atoms with Crippen molar-refractivity contribution in [3.63, 3.8) is 0 Å². The highest BCUT2D eigenvalue weighted by Gasteiger charge is 2.31. The molecule has 0 fully saturated rings. The molecule has 0 bridgehead atoms. The zero-order chi connectivity index (χ0) is 16.3. The van der Waals surface area contributed by atoms with E-state index < -0.39 is 17.3 Å². The van der Waals surface area contributed by atoms with Gasteiger partial charge < -0.3 is 19.9 Å². The number of benzene rings is 1. The largest absolute Gasteiger partial charge is 0.486 e. The van der Waals surface area contributed by atoms with E-state index in [0.717, 1.165) is 5.56 Å². The fourth-order valence-corrected chi connectivity index (χ4v) is 2.12. The van der Waals surface area contributed by atoms with E-state index in [9.17, 15) is 9.59 Å². The minimum Gasteiger partial charge on any atom is -0.486 e. The van der Waals surface area contributed by atoms with Crippen molar-refractivity contribution in [2.24, 2.45) is 5.92 Å². The van der Waals surface area contributed by atoms with Gasteiger partial charge in [0.2, 0.25) is 5.91 Å². The quantitative estimate of drug-likeness (QED) is 0.862. The summed E-state index contributed by atoms with van der Waals surface area (Å²) < 4.78 is 11.0. The Bertz CT molecular complexity index is 582. The molecule has 1 amide bonds. The summed E-state index contributed by atoms with van der Waals surface area (Å²) in [4.78, 5) is 23.2. The van der Waals surface area contributed by atoms with Gasteiger partial charge in [0.1, 0.15) is 13.2 Å². The molecule has 22 heavy (non-hydrogen) atoms. The molecule has 120 valence electrons. The van der Waals surface area contributed by atoms with Crippen molar-refractivity contribution in [1.29, 1.82) is 0 Å². The van der Waals surface area contributed by atoms with Gasteiger partial charge in [0, 0.05) is 6.54 Å².